The molecule has 0 aliphatic rings. The van der Waals surface area contributed by atoms with Gasteiger partial charge in [-0.1, -0.05) is 47.5 Å². The van der Waals surface area contributed by atoms with Gasteiger partial charge in [-0.3, -0.25) is 9.20 Å². The fraction of sp³-hybridized carbons (Fsp3) is 0.0500. The SMILES string of the molecule is O=C(Nc1ccc(Cc2nnc3ccccn23)cc1)c1cccc(Cl)c1Cl. The zero-order valence-corrected chi connectivity index (χ0v) is 15.6. The molecule has 2 aromatic heterocycles. The molecule has 0 aliphatic heterocycles. The number of hydrogen-bond acceptors (Lipinski definition) is 3. The second kappa shape index (κ2) is 7.39. The maximum Gasteiger partial charge on any atom is 0.257 e. The number of hydrogen-bond donors (Lipinski definition) is 1. The zero-order valence-electron chi connectivity index (χ0n) is 14.1. The van der Waals surface area contributed by atoms with E-state index in [-0.39, 0.29) is 10.9 Å². The van der Waals surface area contributed by atoms with Crippen LogP contribution in [0.1, 0.15) is 21.7 Å². The summed E-state index contributed by atoms with van der Waals surface area (Å²) in [6.45, 7) is 0. The molecule has 0 aliphatic carbocycles. The number of rotatable bonds is 4. The highest BCUT2D eigenvalue weighted by atomic mass is 35.5. The monoisotopic (exact) mass is 396 g/mol. The summed E-state index contributed by atoms with van der Waals surface area (Å²) in [4.78, 5) is 12.4. The molecule has 0 atom stereocenters. The van der Waals surface area contributed by atoms with Gasteiger partial charge in [-0.25, -0.2) is 0 Å². The van der Waals surface area contributed by atoms with Gasteiger partial charge in [-0.2, -0.15) is 0 Å². The molecule has 4 rings (SSSR count). The molecule has 1 N–H and O–H groups in total. The lowest BCUT2D eigenvalue weighted by atomic mass is 10.1. The van der Waals surface area contributed by atoms with E-state index in [1.807, 2.05) is 53.1 Å². The smallest absolute Gasteiger partial charge is 0.257 e. The lowest BCUT2D eigenvalue weighted by molar-refractivity contribution is 0.102. The van der Waals surface area contributed by atoms with Gasteiger partial charge in [0, 0.05) is 18.3 Å². The third kappa shape index (κ3) is 3.65. The number of nitrogens with zero attached hydrogens (tertiary/aromatic N) is 3. The maximum atomic E-state index is 12.4. The van der Waals surface area contributed by atoms with Gasteiger partial charge < -0.3 is 5.32 Å². The van der Waals surface area contributed by atoms with Crippen molar-refractivity contribution in [1.82, 2.24) is 14.6 Å². The van der Waals surface area contributed by atoms with E-state index >= 15 is 0 Å². The Labute approximate surface area is 165 Å². The van der Waals surface area contributed by atoms with Crippen molar-refractivity contribution in [2.24, 2.45) is 0 Å². The van der Waals surface area contributed by atoms with Crippen LogP contribution in [0.25, 0.3) is 5.65 Å². The number of anilines is 1. The number of carbonyl (C=O) groups is 1. The van der Waals surface area contributed by atoms with Crippen molar-refractivity contribution < 1.29 is 4.79 Å². The summed E-state index contributed by atoms with van der Waals surface area (Å²) in [5, 5.41) is 11.8. The van der Waals surface area contributed by atoms with Gasteiger partial charge in [0.1, 0.15) is 5.82 Å². The molecule has 0 saturated carbocycles. The maximum absolute atomic E-state index is 12.4. The fourth-order valence-electron chi connectivity index (χ4n) is 2.78. The predicted molar refractivity (Wildman–Crippen MR) is 107 cm³/mol. The Balaban J connectivity index is 1.49. The molecular formula is C20H14Cl2N4O. The molecular weight excluding hydrogens is 383 g/mol. The highest BCUT2D eigenvalue weighted by molar-refractivity contribution is 6.44. The average molecular weight is 397 g/mol. The van der Waals surface area contributed by atoms with E-state index in [0.29, 0.717) is 22.7 Å². The molecule has 0 saturated heterocycles. The molecule has 5 nitrogen and oxygen atoms in total. The van der Waals surface area contributed by atoms with Gasteiger partial charge >= 0.3 is 0 Å². The van der Waals surface area contributed by atoms with E-state index in [1.54, 1.807) is 18.2 Å². The number of halogens is 2. The lowest BCUT2D eigenvalue weighted by Gasteiger charge is -2.08. The summed E-state index contributed by atoms with van der Waals surface area (Å²) in [6, 6.07) is 18.3. The number of fused-ring (bicyclic) bond motifs is 1. The zero-order chi connectivity index (χ0) is 18.8. The van der Waals surface area contributed by atoms with Crippen LogP contribution in [-0.4, -0.2) is 20.5 Å². The summed E-state index contributed by atoms with van der Waals surface area (Å²) in [5.41, 5.74) is 2.88. The third-order valence-corrected chi connectivity index (χ3v) is 4.97. The summed E-state index contributed by atoms with van der Waals surface area (Å²) in [7, 11) is 0. The first-order valence-electron chi connectivity index (χ1n) is 8.25. The normalized spacial score (nSPS) is 10.9. The van der Waals surface area contributed by atoms with Crippen molar-refractivity contribution in [3.63, 3.8) is 0 Å². The number of amides is 1. The van der Waals surface area contributed by atoms with Crippen molar-refractivity contribution in [3.05, 3.63) is 93.9 Å². The van der Waals surface area contributed by atoms with Crippen LogP contribution in [0.2, 0.25) is 10.0 Å². The van der Waals surface area contributed by atoms with Gasteiger partial charge in [0.2, 0.25) is 0 Å². The molecule has 0 spiro atoms. The molecule has 4 aromatic rings. The van der Waals surface area contributed by atoms with E-state index in [2.05, 4.69) is 15.5 Å². The summed E-state index contributed by atoms with van der Waals surface area (Å²) in [6.07, 6.45) is 2.58. The van der Waals surface area contributed by atoms with E-state index < -0.39 is 0 Å². The van der Waals surface area contributed by atoms with Crippen molar-refractivity contribution in [1.29, 1.82) is 0 Å². The Morgan fingerprint density at radius 2 is 1.78 bits per heavy atom. The van der Waals surface area contributed by atoms with Gasteiger partial charge in [0.15, 0.2) is 5.65 Å². The minimum atomic E-state index is -0.307. The van der Waals surface area contributed by atoms with E-state index in [4.69, 9.17) is 23.2 Å². The first kappa shape index (κ1) is 17.5. The van der Waals surface area contributed by atoms with Gasteiger partial charge in [-0.15, -0.1) is 10.2 Å². The van der Waals surface area contributed by atoms with Crippen molar-refractivity contribution >= 4 is 40.4 Å². The first-order chi connectivity index (χ1) is 13.1. The third-order valence-electron chi connectivity index (χ3n) is 4.15. The minimum absolute atomic E-state index is 0.243. The molecule has 0 unspecified atom stereocenters. The van der Waals surface area contributed by atoms with Crippen LogP contribution < -0.4 is 5.32 Å². The summed E-state index contributed by atoms with van der Waals surface area (Å²) >= 11 is 12.1. The molecule has 2 heterocycles. The van der Waals surface area contributed by atoms with Crippen molar-refractivity contribution in [2.45, 2.75) is 6.42 Å². The lowest BCUT2D eigenvalue weighted by Crippen LogP contribution is -2.12. The summed E-state index contributed by atoms with van der Waals surface area (Å²) < 4.78 is 1.96. The van der Waals surface area contributed by atoms with Crippen molar-refractivity contribution in [2.75, 3.05) is 5.32 Å². The number of pyridine rings is 1. The molecule has 0 bridgehead atoms. The Kier molecular flexibility index (Phi) is 4.79. The van der Waals surface area contributed by atoms with E-state index in [1.165, 1.54) is 0 Å². The molecule has 7 heteroatoms. The van der Waals surface area contributed by atoms with E-state index in [0.717, 1.165) is 17.0 Å². The molecule has 1 amide bonds. The van der Waals surface area contributed by atoms with Crippen LogP contribution in [0.4, 0.5) is 5.69 Å². The highest BCUT2D eigenvalue weighted by Gasteiger charge is 2.13. The predicted octanol–water partition coefficient (Wildman–Crippen LogP) is 4.88. The fourth-order valence-corrected chi connectivity index (χ4v) is 3.16. The van der Waals surface area contributed by atoms with E-state index in [9.17, 15) is 4.79 Å². The number of nitrogens with one attached hydrogen (secondary N) is 1. The van der Waals surface area contributed by atoms with Crippen LogP contribution >= 0.6 is 23.2 Å². The Morgan fingerprint density at radius 3 is 2.59 bits per heavy atom. The number of carbonyl (C=O) groups excluding carboxylic acids is 1. The Hall–Kier alpha value is -2.89. The molecule has 2 aromatic carbocycles. The molecule has 0 radical (unpaired) electrons. The molecule has 0 fully saturated rings. The Morgan fingerprint density at radius 1 is 0.963 bits per heavy atom. The van der Waals surface area contributed by atoms with Crippen LogP contribution in [0.3, 0.4) is 0 Å². The quantitative estimate of drug-likeness (QED) is 0.534. The van der Waals surface area contributed by atoms with Crippen LogP contribution in [-0.2, 0) is 6.42 Å². The van der Waals surface area contributed by atoms with Gasteiger partial charge in [0.25, 0.3) is 5.91 Å². The second-order valence-corrected chi connectivity index (χ2v) is 6.76. The molecule has 134 valence electrons. The highest BCUT2D eigenvalue weighted by Crippen LogP contribution is 2.26. The molecule has 27 heavy (non-hydrogen) atoms. The largest absolute Gasteiger partial charge is 0.322 e. The summed E-state index contributed by atoms with van der Waals surface area (Å²) in [5.74, 6) is 0.548. The van der Waals surface area contributed by atoms with Crippen molar-refractivity contribution in [3.8, 4) is 0 Å². The second-order valence-electron chi connectivity index (χ2n) is 5.97. The topological polar surface area (TPSA) is 59.3 Å². The standard InChI is InChI=1S/C20H14Cl2N4O/c21-16-5-3-4-15(19(16)22)20(27)23-14-9-7-13(8-10-14)12-18-25-24-17-6-1-2-11-26(17)18/h1-11H,12H2,(H,23,27). The van der Waals surface area contributed by atoms with Crippen LogP contribution in [0.5, 0.6) is 0 Å². The first-order valence-corrected chi connectivity index (χ1v) is 9.00. The number of benzene rings is 2. The van der Waals surface area contributed by atoms with Gasteiger partial charge in [0.05, 0.1) is 15.6 Å². The van der Waals surface area contributed by atoms with Crippen LogP contribution in [0.15, 0.2) is 66.9 Å². The number of aromatic nitrogens is 3. The van der Waals surface area contributed by atoms with Gasteiger partial charge in [-0.05, 0) is 42.0 Å². The Bertz CT molecular complexity index is 1120. The minimum Gasteiger partial charge on any atom is -0.322 e. The average Bonchev–Trinajstić information content (AvgIpc) is 3.08. The van der Waals surface area contributed by atoms with Crippen LogP contribution in [0, 0.1) is 0 Å².